The SMILES string of the molecule is COc1ccc(S(=O)(=O)N(CC(=O)Nc2ccccc2C(N)=O)c2ccccc2)cc1OC. The lowest BCUT2D eigenvalue weighted by molar-refractivity contribution is -0.114. The fourth-order valence-corrected chi connectivity index (χ4v) is 4.58. The number of rotatable bonds is 9. The van der Waals surface area contributed by atoms with Gasteiger partial charge in [0.25, 0.3) is 15.9 Å². The number of amides is 2. The standard InChI is InChI=1S/C23H23N3O6S/c1-31-20-13-12-17(14-21(20)32-2)33(29,30)26(16-8-4-3-5-9-16)15-22(27)25-19-11-7-6-10-18(19)23(24)28/h3-14H,15H2,1-2H3,(H2,24,28)(H,25,27). The first-order chi connectivity index (χ1) is 15.8. The van der Waals surface area contributed by atoms with Gasteiger partial charge in [-0.3, -0.25) is 13.9 Å². The molecule has 0 saturated heterocycles. The zero-order valence-electron chi connectivity index (χ0n) is 18.0. The monoisotopic (exact) mass is 469 g/mol. The average Bonchev–Trinajstić information content (AvgIpc) is 2.82. The number of anilines is 2. The third kappa shape index (κ3) is 5.24. The number of benzene rings is 3. The number of nitrogens with two attached hydrogens (primary N) is 1. The van der Waals surface area contributed by atoms with Crippen LogP contribution in [0.2, 0.25) is 0 Å². The third-order valence-electron chi connectivity index (χ3n) is 4.74. The first kappa shape index (κ1) is 23.6. The summed E-state index contributed by atoms with van der Waals surface area (Å²) in [6.07, 6.45) is 0. The summed E-state index contributed by atoms with van der Waals surface area (Å²) in [5.41, 5.74) is 5.94. The molecule has 0 aliphatic heterocycles. The molecule has 0 aliphatic rings. The van der Waals surface area contributed by atoms with Crippen LogP contribution in [0.4, 0.5) is 11.4 Å². The first-order valence-electron chi connectivity index (χ1n) is 9.76. The Morgan fingerprint density at radius 2 is 1.55 bits per heavy atom. The van der Waals surface area contributed by atoms with Gasteiger partial charge in [0.05, 0.1) is 36.1 Å². The minimum absolute atomic E-state index is 0.0886. The predicted octanol–water partition coefficient (Wildman–Crippen LogP) is 2.64. The molecule has 10 heteroatoms. The molecule has 3 N–H and O–H groups in total. The quantitative estimate of drug-likeness (QED) is 0.496. The van der Waals surface area contributed by atoms with E-state index in [1.807, 2.05) is 0 Å². The lowest BCUT2D eigenvalue weighted by Gasteiger charge is -2.24. The van der Waals surface area contributed by atoms with Gasteiger partial charge in [0.15, 0.2) is 11.5 Å². The van der Waals surface area contributed by atoms with Crippen LogP contribution in [-0.4, -0.2) is 41.0 Å². The fourth-order valence-electron chi connectivity index (χ4n) is 3.14. The number of carbonyl (C=O) groups is 2. The van der Waals surface area contributed by atoms with Crippen molar-refractivity contribution in [1.82, 2.24) is 0 Å². The number of ether oxygens (including phenoxy) is 2. The largest absolute Gasteiger partial charge is 0.493 e. The number of para-hydroxylation sites is 2. The van der Waals surface area contributed by atoms with Gasteiger partial charge in [-0.15, -0.1) is 0 Å². The minimum atomic E-state index is -4.18. The van der Waals surface area contributed by atoms with Gasteiger partial charge >= 0.3 is 0 Å². The van der Waals surface area contributed by atoms with Gasteiger partial charge in [0, 0.05) is 6.07 Å². The molecule has 0 fully saturated rings. The van der Waals surface area contributed by atoms with Gasteiger partial charge in [-0.25, -0.2) is 8.42 Å². The molecule has 0 saturated carbocycles. The molecular weight excluding hydrogens is 446 g/mol. The normalized spacial score (nSPS) is 10.8. The highest BCUT2D eigenvalue weighted by Gasteiger charge is 2.28. The summed E-state index contributed by atoms with van der Waals surface area (Å²) >= 11 is 0. The summed E-state index contributed by atoms with van der Waals surface area (Å²) in [6.45, 7) is -0.548. The number of nitrogens with one attached hydrogen (secondary N) is 1. The van der Waals surface area contributed by atoms with E-state index in [1.165, 1.54) is 44.6 Å². The Kier molecular flexibility index (Phi) is 7.19. The molecule has 172 valence electrons. The van der Waals surface area contributed by atoms with Gasteiger partial charge in [-0.2, -0.15) is 0 Å². The van der Waals surface area contributed by atoms with Crippen molar-refractivity contribution in [2.75, 3.05) is 30.4 Å². The van der Waals surface area contributed by atoms with E-state index in [9.17, 15) is 18.0 Å². The number of hydrogen-bond donors (Lipinski definition) is 2. The van der Waals surface area contributed by atoms with Crippen molar-refractivity contribution in [3.63, 3.8) is 0 Å². The van der Waals surface area contributed by atoms with Crippen LogP contribution in [0.15, 0.2) is 77.7 Å². The summed E-state index contributed by atoms with van der Waals surface area (Å²) in [4.78, 5) is 24.4. The Bertz CT molecular complexity index is 1260. The fraction of sp³-hybridized carbons (Fsp3) is 0.130. The molecule has 2 amide bonds. The molecule has 0 spiro atoms. The summed E-state index contributed by atoms with van der Waals surface area (Å²) in [5, 5.41) is 2.57. The molecule has 3 rings (SSSR count). The second-order valence-electron chi connectivity index (χ2n) is 6.82. The Labute approximate surface area is 191 Å². The number of sulfonamides is 1. The summed E-state index contributed by atoms with van der Waals surface area (Å²) in [6, 6.07) is 18.6. The first-order valence-corrected chi connectivity index (χ1v) is 11.2. The van der Waals surface area contributed by atoms with Crippen molar-refractivity contribution in [2.24, 2.45) is 5.73 Å². The molecule has 0 aliphatic carbocycles. The topological polar surface area (TPSA) is 128 Å². The summed E-state index contributed by atoms with van der Waals surface area (Å²) in [7, 11) is -1.34. The number of hydrogen-bond acceptors (Lipinski definition) is 6. The van der Waals surface area contributed by atoms with E-state index in [2.05, 4.69) is 5.32 Å². The van der Waals surface area contributed by atoms with E-state index in [-0.39, 0.29) is 27.6 Å². The van der Waals surface area contributed by atoms with Crippen LogP contribution in [0.5, 0.6) is 11.5 Å². The highest BCUT2D eigenvalue weighted by Crippen LogP contribution is 2.32. The molecule has 0 atom stereocenters. The second-order valence-corrected chi connectivity index (χ2v) is 8.68. The van der Waals surface area contributed by atoms with Crippen LogP contribution in [0, 0.1) is 0 Å². The molecular formula is C23H23N3O6S. The lowest BCUT2D eigenvalue weighted by atomic mass is 10.1. The van der Waals surface area contributed by atoms with Crippen molar-refractivity contribution in [3.8, 4) is 11.5 Å². The zero-order chi connectivity index (χ0) is 24.0. The maximum atomic E-state index is 13.5. The van der Waals surface area contributed by atoms with Gasteiger partial charge in [-0.05, 0) is 36.4 Å². The second kappa shape index (κ2) is 10.0. The Morgan fingerprint density at radius 3 is 2.18 bits per heavy atom. The van der Waals surface area contributed by atoms with E-state index in [0.29, 0.717) is 5.75 Å². The Hall–Kier alpha value is -4.05. The van der Waals surface area contributed by atoms with E-state index in [1.54, 1.807) is 42.5 Å². The highest BCUT2D eigenvalue weighted by atomic mass is 32.2. The Morgan fingerprint density at radius 1 is 0.909 bits per heavy atom. The van der Waals surface area contributed by atoms with Gasteiger partial charge < -0.3 is 20.5 Å². The van der Waals surface area contributed by atoms with E-state index in [0.717, 1.165) is 4.31 Å². The van der Waals surface area contributed by atoms with Crippen LogP contribution in [0.1, 0.15) is 10.4 Å². The summed E-state index contributed by atoms with van der Waals surface area (Å²) in [5.74, 6) is -0.782. The predicted molar refractivity (Wildman–Crippen MR) is 124 cm³/mol. The molecule has 0 radical (unpaired) electrons. The van der Waals surface area contributed by atoms with Crippen LogP contribution in [0.3, 0.4) is 0 Å². The maximum absolute atomic E-state index is 13.5. The van der Waals surface area contributed by atoms with Crippen molar-refractivity contribution in [3.05, 3.63) is 78.4 Å². The molecule has 0 unspecified atom stereocenters. The number of primary amides is 1. The minimum Gasteiger partial charge on any atom is -0.493 e. The van der Waals surface area contributed by atoms with E-state index >= 15 is 0 Å². The van der Waals surface area contributed by atoms with Crippen molar-refractivity contribution < 1.29 is 27.5 Å². The lowest BCUT2D eigenvalue weighted by Crippen LogP contribution is -2.38. The average molecular weight is 470 g/mol. The molecule has 3 aromatic carbocycles. The molecule has 0 aromatic heterocycles. The van der Waals surface area contributed by atoms with Crippen molar-refractivity contribution >= 4 is 33.2 Å². The van der Waals surface area contributed by atoms with Crippen LogP contribution in [0.25, 0.3) is 0 Å². The highest BCUT2D eigenvalue weighted by molar-refractivity contribution is 7.92. The molecule has 9 nitrogen and oxygen atoms in total. The smallest absolute Gasteiger partial charge is 0.264 e. The number of carbonyl (C=O) groups excluding carboxylic acids is 2. The number of methoxy groups -OCH3 is 2. The van der Waals surface area contributed by atoms with Gasteiger partial charge in [-0.1, -0.05) is 30.3 Å². The maximum Gasteiger partial charge on any atom is 0.264 e. The van der Waals surface area contributed by atoms with Crippen LogP contribution in [-0.2, 0) is 14.8 Å². The molecule has 0 bridgehead atoms. The van der Waals surface area contributed by atoms with E-state index < -0.39 is 28.4 Å². The van der Waals surface area contributed by atoms with Crippen LogP contribution < -0.4 is 24.8 Å². The van der Waals surface area contributed by atoms with Crippen molar-refractivity contribution in [2.45, 2.75) is 4.90 Å². The Balaban J connectivity index is 1.98. The van der Waals surface area contributed by atoms with Gasteiger partial charge in [0.2, 0.25) is 5.91 Å². The molecule has 33 heavy (non-hydrogen) atoms. The van der Waals surface area contributed by atoms with E-state index in [4.69, 9.17) is 15.2 Å². The molecule has 0 heterocycles. The van der Waals surface area contributed by atoms with Gasteiger partial charge in [0.1, 0.15) is 6.54 Å². The molecule has 3 aromatic rings. The van der Waals surface area contributed by atoms with Crippen LogP contribution >= 0.6 is 0 Å². The number of nitrogens with zero attached hydrogens (tertiary/aromatic N) is 1. The third-order valence-corrected chi connectivity index (χ3v) is 6.51. The summed E-state index contributed by atoms with van der Waals surface area (Å²) < 4.78 is 38.4. The zero-order valence-corrected chi connectivity index (χ0v) is 18.8. The van der Waals surface area contributed by atoms with Crippen molar-refractivity contribution in [1.29, 1.82) is 0 Å².